The van der Waals surface area contributed by atoms with Crippen LogP contribution in [0.25, 0.3) is 0 Å². The minimum Gasteiger partial charge on any atom is -0.445 e. The predicted molar refractivity (Wildman–Crippen MR) is 159 cm³/mol. The molecule has 4 amide bonds. The highest BCUT2D eigenvalue weighted by Gasteiger charge is 2.34. The maximum absolute atomic E-state index is 12.9. The van der Waals surface area contributed by atoms with Crippen LogP contribution in [0.5, 0.6) is 0 Å². The molecule has 0 bridgehead atoms. The summed E-state index contributed by atoms with van der Waals surface area (Å²) in [6.07, 6.45) is 0.153. The van der Waals surface area contributed by atoms with Gasteiger partial charge < -0.3 is 41.0 Å². The monoisotopic (exact) mass is 578 g/mol. The van der Waals surface area contributed by atoms with Crippen LogP contribution in [0.4, 0.5) is 10.5 Å². The summed E-state index contributed by atoms with van der Waals surface area (Å²) in [6.45, 7) is 12.0. The van der Waals surface area contributed by atoms with Crippen molar-refractivity contribution in [3.05, 3.63) is 29.8 Å². The molecule has 1 unspecified atom stereocenters. The number of anilines is 1. The summed E-state index contributed by atoms with van der Waals surface area (Å²) < 4.78 is 11.1. The van der Waals surface area contributed by atoms with Crippen LogP contribution in [0.15, 0.2) is 24.3 Å². The fourth-order valence-electron chi connectivity index (χ4n) is 3.35. The van der Waals surface area contributed by atoms with E-state index >= 15 is 0 Å². The highest BCUT2D eigenvalue weighted by Crippen LogP contribution is 2.15. The first-order valence-electron chi connectivity index (χ1n) is 13.8. The van der Waals surface area contributed by atoms with Gasteiger partial charge in [0.25, 0.3) is 5.91 Å². The molecule has 1 rings (SSSR count). The van der Waals surface area contributed by atoms with Crippen molar-refractivity contribution in [3.63, 3.8) is 0 Å². The van der Waals surface area contributed by atoms with Gasteiger partial charge in [-0.25, -0.2) is 4.79 Å². The van der Waals surface area contributed by atoms with Gasteiger partial charge in [-0.05, 0) is 71.8 Å². The lowest BCUT2D eigenvalue weighted by atomic mass is 10.0. The van der Waals surface area contributed by atoms with Gasteiger partial charge >= 0.3 is 6.09 Å². The number of rotatable bonds is 16. The van der Waals surface area contributed by atoms with Crippen molar-refractivity contribution in [1.29, 1.82) is 0 Å². The molecule has 0 radical (unpaired) electrons. The molecule has 232 valence electrons. The molecule has 5 N–H and O–H groups in total. The number of carbonyl (C=O) groups excluding carboxylic acids is 4. The summed E-state index contributed by atoms with van der Waals surface area (Å²) in [5.41, 5.74) is 5.68. The van der Waals surface area contributed by atoms with Crippen molar-refractivity contribution >= 4 is 29.5 Å². The summed E-state index contributed by atoms with van der Waals surface area (Å²) in [5.74, 6) is -1.57. The molecule has 0 aliphatic heterocycles. The Morgan fingerprint density at radius 2 is 1.59 bits per heavy atom. The van der Waals surface area contributed by atoms with Crippen molar-refractivity contribution < 1.29 is 28.7 Å². The number of ether oxygens (including phenoxy) is 2. The third-order valence-electron chi connectivity index (χ3n) is 6.21. The second kappa shape index (κ2) is 16.3. The van der Waals surface area contributed by atoms with Gasteiger partial charge in [0.2, 0.25) is 11.8 Å². The van der Waals surface area contributed by atoms with Gasteiger partial charge in [0.1, 0.15) is 18.2 Å². The fraction of sp³-hybridized carbons (Fsp3) is 0.655. The van der Waals surface area contributed by atoms with Crippen LogP contribution in [0.1, 0.15) is 53.5 Å². The van der Waals surface area contributed by atoms with E-state index in [0.29, 0.717) is 25.3 Å². The second-order valence-electron chi connectivity index (χ2n) is 12.0. The number of nitrogens with zero attached hydrogens (tertiary/aromatic N) is 2. The first-order valence-corrected chi connectivity index (χ1v) is 13.8. The number of hydrogen-bond donors (Lipinski definition) is 4. The lowest BCUT2D eigenvalue weighted by molar-refractivity contribution is -0.146. The van der Waals surface area contributed by atoms with E-state index in [2.05, 4.69) is 16.0 Å². The Bertz CT molecular complexity index is 1000. The van der Waals surface area contributed by atoms with E-state index < -0.39 is 41.0 Å². The van der Waals surface area contributed by atoms with E-state index in [0.717, 1.165) is 12.1 Å². The average molecular weight is 579 g/mol. The van der Waals surface area contributed by atoms with Gasteiger partial charge in [-0.15, -0.1) is 0 Å². The van der Waals surface area contributed by atoms with E-state index in [1.807, 2.05) is 32.8 Å². The highest BCUT2D eigenvalue weighted by molar-refractivity contribution is 5.96. The first-order chi connectivity index (χ1) is 18.9. The lowest BCUT2D eigenvalue weighted by Crippen LogP contribution is -2.56. The maximum atomic E-state index is 12.9. The van der Waals surface area contributed by atoms with Gasteiger partial charge in [0, 0.05) is 38.0 Å². The van der Waals surface area contributed by atoms with E-state index in [4.69, 9.17) is 15.2 Å². The molecule has 12 heteroatoms. The van der Waals surface area contributed by atoms with Crippen molar-refractivity contribution in [1.82, 2.24) is 20.4 Å². The number of hydrogen-bond acceptors (Lipinski definition) is 8. The molecule has 0 fully saturated rings. The van der Waals surface area contributed by atoms with Crippen LogP contribution >= 0.6 is 0 Å². The number of benzene rings is 1. The minimum absolute atomic E-state index is 0.102. The Hall–Kier alpha value is -3.22. The Morgan fingerprint density at radius 1 is 0.976 bits per heavy atom. The molecule has 0 saturated carbocycles. The molecule has 1 atom stereocenters. The first kappa shape index (κ1) is 35.8. The fourth-order valence-corrected chi connectivity index (χ4v) is 3.35. The summed E-state index contributed by atoms with van der Waals surface area (Å²) in [4.78, 5) is 53.7. The Kier molecular flexibility index (Phi) is 14.2. The minimum atomic E-state index is -1.16. The number of nitrogens with one attached hydrogen (secondary N) is 3. The quantitative estimate of drug-likeness (QED) is 0.232. The Morgan fingerprint density at radius 3 is 2.12 bits per heavy atom. The summed E-state index contributed by atoms with van der Waals surface area (Å²) >= 11 is 0. The van der Waals surface area contributed by atoms with Gasteiger partial charge in [-0.3, -0.25) is 14.4 Å². The Labute approximate surface area is 244 Å². The number of likely N-dealkylation sites (N-methyl/N-ethyl adjacent to an activating group) is 2. The molecule has 1 aromatic carbocycles. The molecule has 0 heterocycles. The van der Waals surface area contributed by atoms with Crippen LogP contribution < -0.4 is 21.7 Å². The van der Waals surface area contributed by atoms with Crippen LogP contribution in [0.2, 0.25) is 0 Å². The van der Waals surface area contributed by atoms with Crippen LogP contribution in [0.3, 0.4) is 0 Å². The zero-order valence-corrected chi connectivity index (χ0v) is 26.1. The molecule has 1 aromatic rings. The molecular formula is C29H50N6O6. The molecule has 0 aromatic heterocycles. The van der Waals surface area contributed by atoms with Crippen molar-refractivity contribution in [2.24, 2.45) is 11.7 Å². The zero-order valence-electron chi connectivity index (χ0n) is 26.1. The zero-order chi connectivity index (χ0) is 31.4. The van der Waals surface area contributed by atoms with Gasteiger partial charge in [-0.1, -0.05) is 26.0 Å². The van der Waals surface area contributed by atoms with Crippen LogP contribution in [0, 0.1) is 5.92 Å². The average Bonchev–Trinajstić information content (AvgIpc) is 2.86. The molecule has 0 aliphatic rings. The summed E-state index contributed by atoms with van der Waals surface area (Å²) in [5, 5.41) is 8.04. The van der Waals surface area contributed by atoms with E-state index in [1.54, 1.807) is 59.0 Å². The third kappa shape index (κ3) is 14.3. The van der Waals surface area contributed by atoms with Gasteiger partial charge in [-0.2, -0.15) is 0 Å². The summed E-state index contributed by atoms with van der Waals surface area (Å²) in [7, 11) is 5.54. The van der Waals surface area contributed by atoms with E-state index in [-0.39, 0.29) is 19.1 Å². The highest BCUT2D eigenvalue weighted by atomic mass is 16.6. The molecule has 0 spiro atoms. The van der Waals surface area contributed by atoms with Crippen LogP contribution in [-0.4, -0.2) is 98.2 Å². The van der Waals surface area contributed by atoms with Crippen molar-refractivity contribution in [2.75, 3.05) is 52.7 Å². The van der Waals surface area contributed by atoms with Crippen LogP contribution in [-0.2, 0) is 30.5 Å². The molecular weight excluding hydrogens is 528 g/mol. The van der Waals surface area contributed by atoms with Crippen molar-refractivity contribution in [3.8, 4) is 0 Å². The number of carbonyl (C=O) groups is 4. The molecule has 0 saturated heterocycles. The maximum Gasteiger partial charge on any atom is 0.409 e. The second-order valence-corrected chi connectivity index (χ2v) is 12.0. The smallest absolute Gasteiger partial charge is 0.409 e. The lowest BCUT2D eigenvalue weighted by Gasteiger charge is -2.30. The van der Waals surface area contributed by atoms with E-state index in [9.17, 15) is 19.2 Å². The van der Waals surface area contributed by atoms with Crippen molar-refractivity contribution in [2.45, 2.75) is 71.8 Å². The topological polar surface area (TPSA) is 155 Å². The molecule has 12 nitrogen and oxygen atoms in total. The van der Waals surface area contributed by atoms with Gasteiger partial charge in [0.05, 0.1) is 6.54 Å². The van der Waals surface area contributed by atoms with E-state index in [1.165, 1.54) is 4.90 Å². The van der Waals surface area contributed by atoms with Gasteiger partial charge in [0.15, 0.2) is 0 Å². The normalized spacial score (nSPS) is 12.6. The number of nitrogens with two attached hydrogens (primary N) is 1. The standard InChI is InChI=1S/C29H50N6O6/c1-20(2)24(33-26(38)29(5,6)41-17-14-28(3,4)30)25(37)31-18-23(36)32-22-12-10-21(11-13-22)19-40-27(39)35(9)16-15-34(7)8/h10-13,20,24H,14-19,30H2,1-9H3,(H,31,37)(H,32,36)(H,33,38). The molecule has 41 heavy (non-hydrogen) atoms. The molecule has 0 aliphatic carbocycles. The largest absolute Gasteiger partial charge is 0.445 e. The predicted octanol–water partition coefficient (Wildman–Crippen LogP) is 1.93. The third-order valence-corrected chi connectivity index (χ3v) is 6.21. The Balaban J connectivity index is 2.56. The SMILES string of the molecule is CC(C)C(NC(=O)C(C)(C)OCCC(C)(C)N)C(=O)NCC(=O)Nc1ccc(COC(=O)N(C)CCN(C)C)cc1. The number of amides is 4. The summed E-state index contributed by atoms with van der Waals surface area (Å²) in [6, 6.07) is 5.99.